The molecular weight excluding hydrogens is 344 g/mol. The Labute approximate surface area is 157 Å². The molecule has 6 nitrogen and oxygen atoms in total. The molecule has 0 atom stereocenters. The van der Waals surface area contributed by atoms with Gasteiger partial charge in [-0.15, -0.1) is 0 Å². The largest absolute Gasteiger partial charge is 0.465 e. The Kier molecular flexibility index (Phi) is 4.99. The third-order valence-electron chi connectivity index (χ3n) is 4.81. The summed E-state index contributed by atoms with van der Waals surface area (Å²) in [7, 11) is 1.31. The van der Waals surface area contributed by atoms with E-state index in [4.69, 9.17) is 0 Å². The lowest BCUT2D eigenvalue weighted by Crippen LogP contribution is -2.35. The second-order valence-electron chi connectivity index (χ2n) is 6.88. The van der Waals surface area contributed by atoms with Crippen molar-refractivity contribution in [2.24, 2.45) is 5.41 Å². The van der Waals surface area contributed by atoms with Gasteiger partial charge in [0.1, 0.15) is 5.41 Å². The van der Waals surface area contributed by atoms with Crippen LogP contribution in [-0.4, -0.2) is 24.9 Å². The van der Waals surface area contributed by atoms with Gasteiger partial charge in [-0.05, 0) is 62.6 Å². The number of nitrogens with one attached hydrogen (secondary N) is 2. The van der Waals surface area contributed by atoms with Gasteiger partial charge in [-0.3, -0.25) is 9.59 Å². The monoisotopic (exact) mass is 366 g/mol. The molecule has 140 valence electrons. The van der Waals surface area contributed by atoms with Crippen LogP contribution in [0.1, 0.15) is 34.3 Å². The van der Waals surface area contributed by atoms with Crippen molar-refractivity contribution in [2.45, 2.75) is 26.7 Å². The van der Waals surface area contributed by atoms with Crippen molar-refractivity contribution in [3.63, 3.8) is 0 Å². The summed E-state index contributed by atoms with van der Waals surface area (Å²) in [6.07, 6.45) is 1.02. The number of esters is 1. The molecule has 2 amide bonds. The van der Waals surface area contributed by atoms with E-state index in [1.807, 2.05) is 32.0 Å². The van der Waals surface area contributed by atoms with Crippen molar-refractivity contribution in [3.8, 4) is 0 Å². The molecule has 2 aromatic rings. The number of ether oxygens (including phenoxy) is 1. The molecule has 27 heavy (non-hydrogen) atoms. The minimum atomic E-state index is -1.04. The van der Waals surface area contributed by atoms with Crippen molar-refractivity contribution in [3.05, 3.63) is 59.2 Å². The zero-order chi connectivity index (χ0) is 19.6. The van der Waals surface area contributed by atoms with E-state index in [1.165, 1.54) is 7.11 Å². The van der Waals surface area contributed by atoms with Crippen molar-refractivity contribution in [1.82, 2.24) is 0 Å². The summed E-state index contributed by atoms with van der Waals surface area (Å²) < 4.78 is 4.65. The fourth-order valence-electron chi connectivity index (χ4n) is 2.94. The molecular formula is C21H22N2O4. The van der Waals surface area contributed by atoms with Crippen molar-refractivity contribution in [1.29, 1.82) is 0 Å². The van der Waals surface area contributed by atoms with Gasteiger partial charge in [-0.1, -0.05) is 17.7 Å². The van der Waals surface area contributed by atoms with E-state index in [-0.39, 0.29) is 11.8 Å². The highest BCUT2D eigenvalue weighted by molar-refractivity contribution is 6.17. The number of benzene rings is 2. The Balaban J connectivity index is 1.68. The number of hydrogen-bond acceptors (Lipinski definition) is 4. The summed E-state index contributed by atoms with van der Waals surface area (Å²) in [5.41, 5.74) is 2.66. The smallest absolute Gasteiger partial charge is 0.337 e. The molecule has 0 radical (unpaired) electrons. The topological polar surface area (TPSA) is 84.5 Å². The van der Waals surface area contributed by atoms with Crippen LogP contribution in [0.3, 0.4) is 0 Å². The summed E-state index contributed by atoms with van der Waals surface area (Å²) in [6, 6.07) is 12.1. The van der Waals surface area contributed by atoms with Crippen LogP contribution in [0.4, 0.5) is 11.4 Å². The molecule has 1 saturated carbocycles. The fourth-order valence-corrected chi connectivity index (χ4v) is 2.94. The normalized spacial score (nSPS) is 14.2. The number of methoxy groups -OCH3 is 1. The summed E-state index contributed by atoms with van der Waals surface area (Å²) >= 11 is 0. The number of amides is 2. The molecule has 1 aliphatic carbocycles. The molecule has 0 unspecified atom stereocenters. The van der Waals surface area contributed by atoms with Gasteiger partial charge < -0.3 is 15.4 Å². The predicted molar refractivity (Wildman–Crippen MR) is 103 cm³/mol. The molecule has 0 heterocycles. The van der Waals surface area contributed by atoms with Gasteiger partial charge in [0.15, 0.2) is 0 Å². The molecule has 0 saturated heterocycles. The standard InChI is InChI=1S/C21H22N2O4/c1-13-4-9-17(14(2)12-13)23-20(26)21(10-11-21)19(25)22-16-7-5-15(6-8-16)18(24)27-3/h4-9,12H,10-11H2,1-3H3,(H,22,25)(H,23,26). The number of hydrogen-bond donors (Lipinski definition) is 2. The van der Waals surface area contributed by atoms with E-state index < -0.39 is 11.4 Å². The molecule has 2 aromatic carbocycles. The van der Waals surface area contributed by atoms with Gasteiger partial charge in [0.05, 0.1) is 12.7 Å². The van der Waals surface area contributed by atoms with Crippen LogP contribution in [0.25, 0.3) is 0 Å². The third-order valence-corrected chi connectivity index (χ3v) is 4.81. The zero-order valence-electron chi connectivity index (χ0n) is 15.6. The van der Waals surface area contributed by atoms with Crippen LogP contribution in [0.15, 0.2) is 42.5 Å². The Hall–Kier alpha value is -3.15. The minimum Gasteiger partial charge on any atom is -0.465 e. The number of carbonyl (C=O) groups is 3. The maximum atomic E-state index is 12.7. The molecule has 0 aromatic heterocycles. The van der Waals surface area contributed by atoms with E-state index >= 15 is 0 Å². The Morgan fingerprint density at radius 2 is 1.56 bits per heavy atom. The van der Waals surface area contributed by atoms with E-state index in [0.717, 1.165) is 11.1 Å². The summed E-state index contributed by atoms with van der Waals surface area (Å²) in [4.78, 5) is 36.9. The Morgan fingerprint density at radius 1 is 0.926 bits per heavy atom. The second-order valence-corrected chi connectivity index (χ2v) is 6.88. The van der Waals surface area contributed by atoms with E-state index in [9.17, 15) is 14.4 Å². The first-order valence-electron chi connectivity index (χ1n) is 8.74. The van der Waals surface area contributed by atoms with Crippen LogP contribution in [0, 0.1) is 19.3 Å². The first-order chi connectivity index (χ1) is 12.9. The summed E-state index contributed by atoms with van der Waals surface area (Å²) in [6.45, 7) is 3.91. The maximum Gasteiger partial charge on any atom is 0.337 e. The van der Waals surface area contributed by atoms with Crippen molar-refractivity contribution < 1.29 is 19.1 Å². The van der Waals surface area contributed by atoms with E-state index in [2.05, 4.69) is 15.4 Å². The lowest BCUT2D eigenvalue weighted by molar-refractivity contribution is -0.131. The molecule has 2 N–H and O–H groups in total. The average molecular weight is 366 g/mol. The van der Waals surface area contributed by atoms with Crippen LogP contribution in [0.5, 0.6) is 0 Å². The van der Waals surface area contributed by atoms with Crippen LogP contribution >= 0.6 is 0 Å². The number of rotatable bonds is 5. The first-order valence-corrected chi connectivity index (χ1v) is 8.74. The Morgan fingerprint density at radius 3 is 2.11 bits per heavy atom. The third kappa shape index (κ3) is 3.84. The van der Waals surface area contributed by atoms with Gasteiger partial charge in [0.25, 0.3) is 0 Å². The van der Waals surface area contributed by atoms with Gasteiger partial charge in [-0.2, -0.15) is 0 Å². The summed E-state index contributed by atoms with van der Waals surface area (Å²) in [5.74, 6) is -1.08. The van der Waals surface area contributed by atoms with Crippen LogP contribution in [0.2, 0.25) is 0 Å². The van der Waals surface area contributed by atoms with Gasteiger partial charge in [-0.25, -0.2) is 4.79 Å². The zero-order valence-corrected chi connectivity index (χ0v) is 15.6. The van der Waals surface area contributed by atoms with E-state index in [0.29, 0.717) is 29.8 Å². The van der Waals surface area contributed by atoms with Crippen LogP contribution in [-0.2, 0) is 14.3 Å². The fraction of sp³-hybridized carbons (Fsp3) is 0.286. The molecule has 6 heteroatoms. The molecule has 1 aliphatic rings. The predicted octanol–water partition coefficient (Wildman–Crippen LogP) is 3.45. The minimum absolute atomic E-state index is 0.293. The number of anilines is 2. The molecule has 0 bridgehead atoms. The van der Waals surface area contributed by atoms with Crippen molar-refractivity contribution in [2.75, 3.05) is 17.7 Å². The Bertz CT molecular complexity index is 899. The lowest BCUT2D eigenvalue weighted by atomic mass is 10.0. The first kappa shape index (κ1) is 18.6. The van der Waals surface area contributed by atoms with Crippen LogP contribution < -0.4 is 10.6 Å². The summed E-state index contributed by atoms with van der Waals surface area (Å²) in [5, 5.41) is 5.64. The average Bonchev–Trinajstić information content (AvgIpc) is 3.46. The SMILES string of the molecule is COC(=O)c1ccc(NC(=O)C2(C(=O)Nc3ccc(C)cc3C)CC2)cc1. The number of aryl methyl sites for hydroxylation is 2. The molecule has 0 spiro atoms. The molecule has 3 rings (SSSR count). The van der Waals surface area contributed by atoms with Gasteiger partial charge >= 0.3 is 5.97 Å². The highest BCUT2D eigenvalue weighted by atomic mass is 16.5. The maximum absolute atomic E-state index is 12.7. The highest BCUT2D eigenvalue weighted by Crippen LogP contribution is 2.47. The molecule has 1 fully saturated rings. The molecule has 0 aliphatic heterocycles. The van der Waals surface area contributed by atoms with Gasteiger partial charge in [0, 0.05) is 11.4 Å². The van der Waals surface area contributed by atoms with E-state index in [1.54, 1.807) is 24.3 Å². The lowest BCUT2D eigenvalue weighted by Gasteiger charge is -2.17. The quantitative estimate of drug-likeness (QED) is 0.627. The highest BCUT2D eigenvalue weighted by Gasteiger charge is 2.56. The number of carbonyl (C=O) groups excluding carboxylic acids is 3. The van der Waals surface area contributed by atoms with Crippen molar-refractivity contribution >= 4 is 29.2 Å². The second kappa shape index (κ2) is 7.23. The van der Waals surface area contributed by atoms with Gasteiger partial charge in [0.2, 0.25) is 11.8 Å².